The molecule has 2 heterocycles. The third-order valence-corrected chi connectivity index (χ3v) is 5.67. The van der Waals surface area contributed by atoms with Gasteiger partial charge >= 0.3 is 0 Å². The van der Waals surface area contributed by atoms with E-state index in [0.717, 1.165) is 16.7 Å². The molecule has 0 aromatic heterocycles. The molecule has 2 aliphatic heterocycles. The summed E-state index contributed by atoms with van der Waals surface area (Å²) < 4.78 is 14.1. The average Bonchev–Trinajstić information content (AvgIpc) is 3.00. The number of hydrogen-bond acceptors (Lipinski definition) is 3. The molecule has 2 atom stereocenters. The predicted molar refractivity (Wildman–Crippen MR) is 102 cm³/mol. The zero-order valence-corrected chi connectivity index (χ0v) is 14.7. The van der Waals surface area contributed by atoms with Gasteiger partial charge in [-0.25, -0.2) is 4.39 Å². The Morgan fingerprint density at radius 1 is 1.00 bits per heavy atom. The molecule has 0 radical (unpaired) electrons. The number of nitrogens with zero attached hydrogens (tertiary/aromatic N) is 2. The van der Waals surface area contributed by atoms with Crippen molar-refractivity contribution in [1.29, 1.82) is 0 Å². The van der Waals surface area contributed by atoms with Gasteiger partial charge in [-0.2, -0.15) is 0 Å². The molecule has 0 bridgehead atoms. The molecule has 6 heteroatoms. The van der Waals surface area contributed by atoms with Gasteiger partial charge in [-0.15, -0.1) is 0 Å². The van der Waals surface area contributed by atoms with Crippen molar-refractivity contribution < 1.29 is 14.1 Å². The van der Waals surface area contributed by atoms with Crippen molar-refractivity contribution in [2.45, 2.75) is 18.4 Å². The number of non-ortho nitro benzene ring substituents is 1. The highest BCUT2D eigenvalue weighted by Gasteiger charge is 2.44. The summed E-state index contributed by atoms with van der Waals surface area (Å²) >= 11 is 0. The third kappa shape index (κ3) is 2.34. The molecule has 0 saturated carbocycles. The third-order valence-electron chi connectivity index (χ3n) is 5.67. The number of amides is 1. The molecule has 3 aromatic rings. The number of rotatable bonds is 2. The van der Waals surface area contributed by atoms with E-state index in [1.165, 1.54) is 24.3 Å². The zero-order valence-electron chi connectivity index (χ0n) is 14.7. The smallest absolute Gasteiger partial charge is 0.269 e. The van der Waals surface area contributed by atoms with E-state index in [1.54, 1.807) is 23.1 Å². The molecule has 3 aromatic carbocycles. The Kier molecular flexibility index (Phi) is 3.55. The fraction of sp³-hybridized carbons (Fsp3) is 0.136. The quantitative estimate of drug-likeness (QED) is 0.470. The number of nitro groups is 1. The second kappa shape index (κ2) is 5.99. The van der Waals surface area contributed by atoms with E-state index in [1.807, 2.05) is 24.3 Å². The van der Waals surface area contributed by atoms with E-state index >= 15 is 0 Å². The van der Waals surface area contributed by atoms with Crippen LogP contribution in [0.5, 0.6) is 0 Å². The minimum Gasteiger partial charge on any atom is -0.301 e. The molecular formula is C22H15FN2O3. The maximum atomic E-state index is 14.1. The Labute approximate surface area is 160 Å². The standard InChI is InChI=1S/C22H15FN2O3/c23-14-7-10-20-19(11-14)18(13-5-8-15(9-6-13)25(27)28)12-21-16-3-1-2-4-17(16)22(26)24(20)21/h1-11,18,21H,12H2/t18-,21+/m1/s1. The Balaban J connectivity index is 1.67. The lowest BCUT2D eigenvalue weighted by Gasteiger charge is -2.37. The normalized spacial score (nSPS) is 19.8. The van der Waals surface area contributed by atoms with Crippen LogP contribution in [0.25, 0.3) is 0 Å². The van der Waals surface area contributed by atoms with E-state index in [-0.39, 0.29) is 29.4 Å². The van der Waals surface area contributed by atoms with Crippen molar-refractivity contribution >= 4 is 17.3 Å². The van der Waals surface area contributed by atoms with Crippen LogP contribution in [-0.4, -0.2) is 10.8 Å². The topological polar surface area (TPSA) is 63.4 Å². The van der Waals surface area contributed by atoms with E-state index in [2.05, 4.69) is 0 Å². The monoisotopic (exact) mass is 374 g/mol. The number of carbonyl (C=O) groups is 1. The highest BCUT2D eigenvalue weighted by atomic mass is 19.1. The average molecular weight is 374 g/mol. The Bertz CT molecular complexity index is 1130. The molecule has 5 nitrogen and oxygen atoms in total. The van der Waals surface area contributed by atoms with Crippen LogP contribution < -0.4 is 4.90 Å². The first-order valence-corrected chi connectivity index (χ1v) is 9.01. The van der Waals surface area contributed by atoms with Crippen molar-refractivity contribution in [3.05, 3.63) is 105 Å². The fourth-order valence-electron chi connectivity index (χ4n) is 4.42. The minimum atomic E-state index is -0.439. The van der Waals surface area contributed by atoms with Crippen molar-refractivity contribution in [3.8, 4) is 0 Å². The molecular weight excluding hydrogens is 359 g/mol. The maximum Gasteiger partial charge on any atom is 0.269 e. The fourth-order valence-corrected chi connectivity index (χ4v) is 4.42. The molecule has 0 spiro atoms. The highest BCUT2D eigenvalue weighted by Crippen LogP contribution is 2.51. The van der Waals surface area contributed by atoms with Gasteiger partial charge in [-0.3, -0.25) is 14.9 Å². The van der Waals surface area contributed by atoms with E-state index < -0.39 is 4.92 Å². The van der Waals surface area contributed by atoms with Gasteiger partial charge in [0.2, 0.25) is 0 Å². The van der Waals surface area contributed by atoms with Crippen molar-refractivity contribution in [3.63, 3.8) is 0 Å². The number of hydrogen-bond donors (Lipinski definition) is 0. The number of carbonyl (C=O) groups excluding carboxylic acids is 1. The van der Waals surface area contributed by atoms with Crippen molar-refractivity contribution in [1.82, 2.24) is 0 Å². The van der Waals surface area contributed by atoms with Crippen molar-refractivity contribution in [2.75, 3.05) is 4.90 Å². The van der Waals surface area contributed by atoms with Crippen molar-refractivity contribution in [2.24, 2.45) is 0 Å². The summed E-state index contributed by atoms with van der Waals surface area (Å²) in [5.41, 5.74) is 3.95. The largest absolute Gasteiger partial charge is 0.301 e. The van der Waals surface area contributed by atoms with Gasteiger partial charge in [-0.05, 0) is 47.4 Å². The van der Waals surface area contributed by atoms with Gasteiger partial charge in [0.1, 0.15) is 5.82 Å². The Hall–Kier alpha value is -3.54. The lowest BCUT2D eigenvalue weighted by Crippen LogP contribution is -2.34. The van der Waals surface area contributed by atoms with Crippen LogP contribution in [0.2, 0.25) is 0 Å². The Morgan fingerprint density at radius 3 is 2.50 bits per heavy atom. The van der Waals surface area contributed by atoms with Gasteiger partial charge in [-0.1, -0.05) is 30.3 Å². The van der Waals surface area contributed by atoms with E-state index in [4.69, 9.17) is 0 Å². The highest BCUT2D eigenvalue weighted by molar-refractivity contribution is 6.11. The van der Waals surface area contributed by atoms with Crippen LogP contribution in [-0.2, 0) is 0 Å². The summed E-state index contributed by atoms with van der Waals surface area (Å²) in [6.07, 6.45) is 0.594. The number of nitro benzene ring substituents is 1. The molecule has 1 amide bonds. The van der Waals surface area contributed by atoms with Crippen LogP contribution in [0.15, 0.2) is 66.7 Å². The molecule has 0 saturated heterocycles. The summed E-state index contributed by atoms with van der Waals surface area (Å²) in [6, 6.07) is 18.2. The first kappa shape index (κ1) is 16.6. The van der Waals surface area contributed by atoms with Gasteiger partial charge < -0.3 is 4.90 Å². The zero-order chi connectivity index (χ0) is 19.4. The van der Waals surface area contributed by atoms with E-state index in [0.29, 0.717) is 17.7 Å². The predicted octanol–water partition coefficient (Wildman–Crippen LogP) is 4.97. The first-order valence-electron chi connectivity index (χ1n) is 9.01. The second-order valence-corrected chi connectivity index (χ2v) is 7.12. The number of halogens is 1. The van der Waals surface area contributed by atoms with Gasteiger partial charge in [0.15, 0.2) is 0 Å². The molecule has 2 aliphatic rings. The second-order valence-electron chi connectivity index (χ2n) is 7.12. The van der Waals surface area contributed by atoms with Gasteiger partial charge in [0.25, 0.3) is 11.6 Å². The summed E-state index contributed by atoms with van der Waals surface area (Å²) in [5, 5.41) is 11.0. The number of benzene rings is 3. The lowest BCUT2D eigenvalue weighted by molar-refractivity contribution is -0.384. The van der Waals surface area contributed by atoms with Gasteiger partial charge in [0.05, 0.1) is 11.0 Å². The van der Waals surface area contributed by atoms with Crippen LogP contribution >= 0.6 is 0 Å². The van der Waals surface area contributed by atoms with E-state index in [9.17, 15) is 19.3 Å². The summed E-state index contributed by atoms with van der Waals surface area (Å²) in [5.74, 6) is -0.601. The number of anilines is 1. The van der Waals surface area contributed by atoms with Crippen LogP contribution in [0.4, 0.5) is 15.8 Å². The summed E-state index contributed by atoms with van der Waals surface area (Å²) in [6.45, 7) is 0. The Morgan fingerprint density at radius 2 is 1.75 bits per heavy atom. The minimum absolute atomic E-state index is 0.0158. The first-order chi connectivity index (χ1) is 13.5. The molecule has 0 unspecified atom stereocenters. The molecule has 138 valence electrons. The maximum absolute atomic E-state index is 14.1. The molecule has 5 rings (SSSR count). The molecule has 0 aliphatic carbocycles. The molecule has 28 heavy (non-hydrogen) atoms. The van der Waals surface area contributed by atoms with Crippen LogP contribution in [0, 0.1) is 15.9 Å². The molecule has 0 fully saturated rings. The summed E-state index contributed by atoms with van der Waals surface area (Å²) in [4.78, 5) is 25.3. The van der Waals surface area contributed by atoms with Gasteiger partial charge in [0, 0.05) is 29.3 Å². The van der Waals surface area contributed by atoms with Crippen LogP contribution in [0.1, 0.15) is 45.4 Å². The van der Waals surface area contributed by atoms with Crippen LogP contribution in [0.3, 0.4) is 0 Å². The lowest BCUT2D eigenvalue weighted by atomic mass is 9.80. The SMILES string of the molecule is O=C1c2ccccc2[C@@H]2C[C@H](c3ccc([N+](=O)[O-])cc3)c3cc(F)ccc3N12. The summed E-state index contributed by atoms with van der Waals surface area (Å²) in [7, 11) is 0. The number of fused-ring (bicyclic) bond motifs is 5. The molecule has 0 N–H and O–H groups in total.